The van der Waals surface area contributed by atoms with Gasteiger partial charge < -0.3 is 9.47 Å². The highest BCUT2D eigenvalue weighted by atomic mass is 79.9. The molecule has 0 aliphatic carbocycles. The minimum atomic E-state index is -0.342. The highest BCUT2D eigenvalue weighted by Crippen LogP contribution is 2.23. The number of carbonyl (C=O) groups excluding carboxylic acids is 1. The molecule has 0 aliphatic rings. The molecule has 0 spiro atoms. The van der Waals surface area contributed by atoms with E-state index < -0.39 is 0 Å². The molecule has 0 aromatic heterocycles. The van der Waals surface area contributed by atoms with Crippen LogP contribution < -0.4 is 14.9 Å². The van der Waals surface area contributed by atoms with E-state index in [1.54, 1.807) is 6.21 Å². The molecule has 0 aliphatic heterocycles. The lowest BCUT2D eigenvalue weighted by Crippen LogP contribution is -2.24. The van der Waals surface area contributed by atoms with E-state index in [1.807, 2.05) is 72.8 Å². The van der Waals surface area contributed by atoms with Crippen LogP contribution in [0.15, 0.2) is 82.4 Å². The zero-order chi connectivity index (χ0) is 22.1. The fraction of sp³-hybridized carbons (Fsp3) is 0.200. The van der Waals surface area contributed by atoms with E-state index in [-0.39, 0.29) is 12.5 Å². The van der Waals surface area contributed by atoms with Gasteiger partial charge in [0.05, 0.1) is 6.21 Å². The first-order valence-corrected chi connectivity index (χ1v) is 10.8. The third-order valence-corrected chi connectivity index (χ3v) is 5.01. The molecule has 0 radical (unpaired) electrons. The van der Waals surface area contributed by atoms with Crippen LogP contribution in [-0.2, 0) is 11.4 Å². The molecule has 0 atom stereocenters. The molecule has 3 rings (SSSR count). The van der Waals surface area contributed by atoms with Crippen molar-refractivity contribution in [2.24, 2.45) is 5.10 Å². The third kappa shape index (κ3) is 7.26. The Hall–Kier alpha value is -3.12. The molecule has 3 aromatic carbocycles. The highest BCUT2D eigenvalue weighted by molar-refractivity contribution is 9.10. The van der Waals surface area contributed by atoms with Crippen molar-refractivity contribution in [3.8, 4) is 11.5 Å². The predicted molar refractivity (Wildman–Crippen MR) is 127 cm³/mol. The van der Waals surface area contributed by atoms with Crippen LogP contribution in [-0.4, -0.2) is 18.7 Å². The number of hydrogen-bond donors (Lipinski definition) is 1. The molecular weight excluding hydrogens is 456 g/mol. The second-order valence-corrected chi connectivity index (χ2v) is 8.18. The number of ether oxygens (including phenoxy) is 2. The van der Waals surface area contributed by atoms with E-state index in [2.05, 4.69) is 40.3 Å². The van der Waals surface area contributed by atoms with Crippen molar-refractivity contribution < 1.29 is 14.3 Å². The molecule has 1 N–H and O–H groups in total. The van der Waals surface area contributed by atoms with Crippen LogP contribution >= 0.6 is 15.9 Å². The monoisotopic (exact) mass is 480 g/mol. The standard InChI is InChI=1S/C25H25BrN2O3/c1-18(2)20-8-11-23(12-9-20)30-17-25(29)28-27-15-21-14-22(26)10-13-24(21)31-16-19-6-4-3-5-7-19/h3-15,18H,16-17H2,1-2H3,(H,28,29)/b27-15-. The van der Waals surface area contributed by atoms with Crippen LogP contribution in [0.2, 0.25) is 0 Å². The van der Waals surface area contributed by atoms with Gasteiger partial charge in [-0.3, -0.25) is 4.79 Å². The Morgan fingerprint density at radius 2 is 1.77 bits per heavy atom. The lowest BCUT2D eigenvalue weighted by Gasteiger charge is -2.10. The number of benzene rings is 3. The van der Waals surface area contributed by atoms with Gasteiger partial charge in [0.2, 0.25) is 0 Å². The van der Waals surface area contributed by atoms with Gasteiger partial charge >= 0.3 is 0 Å². The van der Waals surface area contributed by atoms with Gasteiger partial charge in [-0.15, -0.1) is 0 Å². The van der Waals surface area contributed by atoms with Gasteiger partial charge in [-0.25, -0.2) is 5.43 Å². The van der Waals surface area contributed by atoms with Crippen molar-refractivity contribution in [1.82, 2.24) is 5.43 Å². The number of hydrazone groups is 1. The Balaban J connectivity index is 1.53. The van der Waals surface area contributed by atoms with Crippen molar-refractivity contribution in [3.63, 3.8) is 0 Å². The number of carbonyl (C=O) groups is 1. The zero-order valence-electron chi connectivity index (χ0n) is 17.5. The summed E-state index contributed by atoms with van der Waals surface area (Å²) >= 11 is 3.45. The van der Waals surface area contributed by atoms with E-state index >= 15 is 0 Å². The Morgan fingerprint density at radius 3 is 2.48 bits per heavy atom. The van der Waals surface area contributed by atoms with Gasteiger partial charge in [-0.2, -0.15) is 5.10 Å². The number of hydrogen-bond acceptors (Lipinski definition) is 4. The SMILES string of the molecule is CC(C)c1ccc(OCC(=O)N/N=C\c2cc(Br)ccc2OCc2ccccc2)cc1. The fourth-order valence-electron chi connectivity index (χ4n) is 2.79. The normalized spacial score (nSPS) is 11.0. The van der Waals surface area contributed by atoms with Crippen molar-refractivity contribution in [2.75, 3.05) is 6.61 Å². The number of nitrogens with one attached hydrogen (secondary N) is 1. The molecule has 0 saturated carbocycles. The van der Waals surface area contributed by atoms with Crippen LogP contribution in [0.25, 0.3) is 0 Å². The lowest BCUT2D eigenvalue weighted by atomic mass is 10.0. The summed E-state index contributed by atoms with van der Waals surface area (Å²) in [6, 6.07) is 23.3. The van der Waals surface area contributed by atoms with Gasteiger partial charge in [-0.1, -0.05) is 72.2 Å². The van der Waals surface area contributed by atoms with Gasteiger partial charge in [-0.05, 0) is 47.4 Å². The molecule has 0 saturated heterocycles. The molecule has 3 aromatic rings. The predicted octanol–water partition coefficient (Wildman–Crippen LogP) is 5.68. The Bertz CT molecular complexity index is 1020. The van der Waals surface area contributed by atoms with Crippen molar-refractivity contribution in [1.29, 1.82) is 0 Å². The van der Waals surface area contributed by atoms with Gasteiger partial charge in [0.1, 0.15) is 18.1 Å². The number of amides is 1. The highest BCUT2D eigenvalue weighted by Gasteiger charge is 2.06. The topological polar surface area (TPSA) is 59.9 Å². The van der Waals surface area contributed by atoms with Crippen LogP contribution in [0.3, 0.4) is 0 Å². The fourth-order valence-corrected chi connectivity index (χ4v) is 3.17. The maximum atomic E-state index is 12.1. The number of nitrogens with zero attached hydrogens (tertiary/aromatic N) is 1. The minimum Gasteiger partial charge on any atom is -0.488 e. The van der Waals surface area contributed by atoms with E-state index in [9.17, 15) is 4.79 Å². The summed E-state index contributed by atoms with van der Waals surface area (Å²) in [5.41, 5.74) is 5.52. The summed E-state index contributed by atoms with van der Waals surface area (Å²) in [4.78, 5) is 12.1. The molecule has 0 bridgehead atoms. The van der Waals surface area contributed by atoms with Crippen molar-refractivity contribution in [2.45, 2.75) is 26.4 Å². The third-order valence-electron chi connectivity index (χ3n) is 4.52. The van der Waals surface area contributed by atoms with Gasteiger partial charge in [0.25, 0.3) is 5.91 Å². The second kappa shape index (κ2) is 11.3. The lowest BCUT2D eigenvalue weighted by molar-refractivity contribution is -0.123. The largest absolute Gasteiger partial charge is 0.488 e. The summed E-state index contributed by atoms with van der Waals surface area (Å²) < 4.78 is 12.3. The average Bonchev–Trinajstić information content (AvgIpc) is 2.78. The van der Waals surface area contributed by atoms with Gasteiger partial charge in [0, 0.05) is 10.0 Å². The molecule has 0 fully saturated rings. The van der Waals surface area contributed by atoms with E-state index in [0.29, 0.717) is 24.0 Å². The Labute approximate surface area is 191 Å². The molecule has 31 heavy (non-hydrogen) atoms. The summed E-state index contributed by atoms with van der Waals surface area (Å²) in [6.07, 6.45) is 1.56. The first kappa shape index (κ1) is 22.6. The molecule has 160 valence electrons. The summed E-state index contributed by atoms with van der Waals surface area (Å²) in [7, 11) is 0. The Kier molecular flexibility index (Phi) is 8.24. The first-order valence-electron chi connectivity index (χ1n) is 10.0. The molecule has 0 heterocycles. The zero-order valence-corrected chi connectivity index (χ0v) is 19.1. The Morgan fingerprint density at radius 1 is 1.03 bits per heavy atom. The van der Waals surface area contributed by atoms with Gasteiger partial charge in [0.15, 0.2) is 6.61 Å². The number of halogens is 1. The average molecular weight is 481 g/mol. The van der Waals surface area contributed by atoms with Crippen LogP contribution in [0, 0.1) is 0 Å². The second-order valence-electron chi connectivity index (χ2n) is 7.26. The summed E-state index contributed by atoms with van der Waals surface area (Å²) in [5, 5.41) is 4.04. The van der Waals surface area contributed by atoms with E-state index in [4.69, 9.17) is 9.47 Å². The number of rotatable bonds is 9. The minimum absolute atomic E-state index is 0.117. The summed E-state index contributed by atoms with van der Waals surface area (Å²) in [6.45, 7) is 4.59. The summed E-state index contributed by atoms with van der Waals surface area (Å²) in [5.74, 6) is 1.43. The first-order chi connectivity index (χ1) is 15.0. The van der Waals surface area contributed by atoms with E-state index in [0.717, 1.165) is 15.6 Å². The van der Waals surface area contributed by atoms with Crippen molar-refractivity contribution >= 4 is 28.1 Å². The van der Waals surface area contributed by atoms with Crippen molar-refractivity contribution in [3.05, 3.63) is 94.0 Å². The molecular formula is C25H25BrN2O3. The maximum absolute atomic E-state index is 12.1. The smallest absolute Gasteiger partial charge is 0.277 e. The molecule has 1 amide bonds. The van der Waals surface area contributed by atoms with E-state index in [1.165, 1.54) is 5.56 Å². The van der Waals surface area contributed by atoms with Crippen LogP contribution in [0.5, 0.6) is 11.5 Å². The molecule has 5 nitrogen and oxygen atoms in total. The quantitative estimate of drug-likeness (QED) is 0.316. The molecule has 0 unspecified atom stereocenters. The van der Waals surface area contributed by atoms with Crippen LogP contribution in [0.1, 0.15) is 36.5 Å². The maximum Gasteiger partial charge on any atom is 0.277 e. The molecule has 6 heteroatoms. The van der Waals surface area contributed by atoms with Crippen LogP contribution in [0.4, 0.5) is 0 Å².